The summed E-state index contributed by atoms with van der Waals surface area (Å²) in [5.41, 5.74) is 1.23. The van der Waals surface area contributed by atoms with Crippen molar-refractivity contribution in [3.8, 4) is 0 Å². The standard InChI is InChI=1S/C24H42F2O4Si/c1-16(2)11-12-17(3)22(28-8)18(4)19(30-31(9,10)23(5,6)7)15-20-24(25,26)14-13-21(27)29-20/h11,13-14,17-20,22H,12,15H2,1-10H3/t17-,18+,19+,20+,22+/m0/s1. The molecule has 0 radical (unpaired) electrons. The second-order valence-corrected chi connectivity index (χ2v) is 15.4. The number of alkyl halides is 2. The fourth-order valence-corrected chi connectivity index (χ4v) is 5.04. The van der Waals surface area contributed by atoms with Crippen molar-refractivity contribution in [3.05, 3.63) is 23.8 Å². The maximum atomic E-state index is 14.5. The Labute approximate surface area is 188 Å². The third-order valence-corrected chi connectivity index (χ3v) is 11.2. The lowest BCUT2D eigenvalue weighted by Gasteiger charge is -2.44. The average Bonchev–Trinajstić information content (AvgIpc) is 2.62. The highest BCUT2D eigenvalue weighted by Gasteiger charge is 2.48. The van der Waals surface area contributed by atoms with Crippen molar-refractivity contribution < 1.29 is 27.5 Å². The van der Waals surface area contributed by atoms with Gasteiger partial charge in [-0.1, -0.05) is 46.3 Å². The van der Waals surface area contributed by atoms with E-state index in [2.05, 4.69) is 46.9 Å². The highest BCUT2D eigenvalue weighted by molar-refractivity contribution is 6.74. The van der Waals surface area contributed by atoms with Gasteiger partial charge in [0.25, 0.3) is 0 Å². The first-order valence-corrected chi connectivity index (χ1v) is 14.0. The van der Waals surface area contributed by atoms with Crippen LogP contribution in [-0.2, 0) is 18.7 Å². The molecule has 1 rings (SSSR count). The summed E-state index contributed by atoms with van der Waals surface area (Å²) in [6, 6.07) is 0. The van der Waals surface area contributed by atoms with Crippen molar-refractivity contribution in [3.63, 3.8) is 0 Å². The molecule has 1 aliphatic rings. The maximum absolute atomic E-state index is 14.5. The van der Waals surface area contributed by atoms with Crippen LogP contribution in [-0.4, -0.2) is 45.6 Å². The highest BCUT2D eigenvalue weighted by atomic mass is 28.4. The quantitative estimate of drug-likeness (QED) is 0.211. The van der Waals surface area contributed by atoms with E-state index in [9.17, 15) is 13.6 Å². The SMILES string of the molecule is CO[C@@H]([C@H](C)[C@@H](C[C@H]1OC(=O)C=CC1(F)F)O[Si](C)(C)C(C)(C)C)[C@@H](C)CC=C(C)C. The van der Waals surface area contributed by atoms with Gasteiger partial charge in [0.05, 0.1) is 12.2 Å². The number of rotatable bonds is 10. The smallest absolute Gasteiger partial charge is 0.331 e. The fraction of sp³-hybridized carbons (Fsp3) is 0.792. The monoisotopic (exact) mass is 460 g/mol. The Morgan fingerprint density at radius 1 is 1.29 bits per heavy atom. The van der Waals surface area contributed by atoms with Gasteiger partial charge in [-0.25, -0.2) is 4.79 Å². The van der Waals surface area contributed by atoms with Gasteiger partial charge >= 0.3 is 11.9 Å². The first-order chi connectivity index (χ1) is 14.0. The summed E-state index contributed by atoms with van der Waals surface area (Å²) < 4.78 is 46.6. The van der Waals surface area contributed by atoms with Crippen LogP contribution in [0.1, 0.15) is 61.3 Å². The van der Waals surface area contributed by atoms with Crippen molar-refractivity contribution in [1.82, 2.24) is 0 Å². The molecule has 0 saturated carbocycles. The summed E-state index contributed by atoms with van der Waals surface area (Å²) in [7, 11) is -0.625. The molecule has 0 aromatic carbocycles. The molecule has 1 aliphatic heterocycles. The maximum Gasteiger partial charge on any atom is 0.331 e. The van der Waals surface area contributed by atoms with Gasteiger partial charge in [-0.2, -0.15) is 8.78 Å². The zero-order chi connectivity index (χ0) is 24.2. The third-order valence-electron chi connectivity index (χ3n) is 6.66. The van der Waals surface area contributed by atoms with Gasteiger partial charge < -0.3 is 13.9 Å². The summed E-state index contributed by atoms with van der Waals surface area (Å²) in [5, 5.41) is -0.0904. The molecule has 4 nitrogen and oxygen atoms in total. The Morgan fingerprint density at radius 3 is 2.35 bits per heavy atom. The molecule has 180 valence electrons. The van der Waals surface area contributed by atoms with E-state index < -0.39 is 32.4 Å². The molecule has 0 aromatic rings. The van der Waals surface area contributed by atoms with Crippen molar-refractivity contribution in [1.29, 1.82) is 0 Å². The predicted octanol–water partition coefficient (Wildman–Crippen LogP) is 6.53. The Balaban J connectivity index is 3.23. The van der Waals surface area contributed by atoms with E-state index in [0.717, 1.165) is 12.5 Å². The molecule has 0 bridgehead atoms. The van der Waals surface area contributed by atoms with E-state index in [-0.39, 0.29) is 29.4 Å². The molecule has 0 aliphatic carbocycles. The first-order valence-electron chi connectivity index (χ1n) is 11.1. The number of halogens is 2. The van der Waals surface area contributed by atoms with Crippen LogP contribution in [0.15, 0.2) is 23.8 Å². The number of carbonyl (C=O) groups is 1. The van der Waals surface area contributed by atoms with Crippen molar-refractivity contribution in [2.45, 2.75) is 104 Å². The molecular weight excluding hydrogens is 418 g/mol. The second kappa shape index (κ2) is 10.7. The van der Waals surface area contributed by atoms with Crippen LogP contribution in [0.25, 0.3) is 0 Å². The van der Waals surface area contributed by atoms with Gasteiger partial charge in [0.1, 0.15) is 0 Å². The van der Waals surface area contributed by atoms with Crippen LogP contribution in [0.3, 0.4) is 0 Å². The summed E-state index contributed by atoms with van der Waals surface area (Å²) >= 11 is 0. The summed E-state index contributed by atoms with van der Waals surface area (Å²) in [4.78, 5) is 11.7. The molecular formula is C24H42F2O4Si. The van der Waals surface area contributed by atoms with E-state index >= 15 is 0 Å². The molecule has 0 N–H and O–H groups in total. The largest absolute Gasteiger partial charge is 0.452 e. The first kappa shape index (κ1) is 28.0. The predicted molar refractivity (Wildman–Crippen MR) is 124 cm³/mol. The number of carbonyl (C=O) groups excluding carboxylic acids is 1. The number of ether oxygens (including phenoxy) is 2. The highest BCUT2D eigenvalue weighted by Crippen LogP contribution is 2.41. The van der Waals surface area contributed by atoms with E-state index in [0.29, 0.717) is 6.08 Å². The number of hydrogen-bond donors (Lipinski definition) is 0. The minimum atomic E-state index is -3.22. The van der Waals surface area contributed by atoms with Crippen LogP contribution in [0, 0.1) is 11.8 Å². The molecule has 0 unspecified atom stereocenters. The number of esters is 1. The Morgan fingerprint density at radius 2 is 1.87 bits per heavy atom. The van der Waals surface area contributed by atoms with Gasteiger partial charge in [0.2, 0.25) is 0 Å². The van der Waals surface area contributed by atoms with E-state index in [1.54, 1.807) is 7.11 Å². The van der Waals surface area contributed by atoms with E-state index in [4.69, 9.17) is 13.9 Å². The lowest BCUT2D eigenvalue weighted by atomic mass is 9.84. The minimum Gasteiger partial charge on any atom is -0.452 e. The van der Waals surface area contributed by atoms with Crippen LogP contribution in [0.2, 0.25) is 18.1 Å². The summed E-state index contributed by atoms with van der Waals surface area (Å²) in [6.07, 6.45) is 2.08. The molecule has 0 amide bonds. The van der Waals surface area contributed by atoms with Gasteiger partial charge in [0.15, 0.2) is 14.4 Å². The molecule has 7 heteroatoms. The van der Waals surface area contributed by atoms with E-state index in [1.165, 1.54) is 5.57 Å². The Kier molecular flexibility index (Phi) is 9.67. The Bertz CT molecular complexity index is 663. The topological polar surface area (TPSA) is 44.8 Å². The van der Waals surface area contributed by atoms with Gasteiger partial charge in [-0.15, -0.1) is 0 Å². The summed E-state index contributed by atoms with van der Waals surface area (Å²) in [5.74, 6) is -3.96. The molecule has 0 saturated heterocycles. The van der Waals surface area contributed by atoms with E-state index in [1.807, 2.05) is 20.8 Å². The normalized spacial score (nSPS) is 23.0. The zero-order valence-corrected chi connectivity index (χ0v) is 21.9. The van der Waals surface area contributed by atoms with Crippen molar-refractivity contribution >= 4 is 14.3 Å². The molecule has 31 heavy (non-hydrogen) atoms. The molecule has 0 aromatic heterocycles. The molecule has 0 spiro atoms. The van der Waals surface area contributed by atoms with Crippen LogP contribution >= 0.6 is 0 Å². The fourth-order valence-electron chi connectivity index (χ4n) is 3.62. The number of cyclic esters (lactones) is 1. The van der Waals surface area contributed by atoms with Crippen LogP contribution in [0.5, 0.6) is 0 Å². The Hall–Kier alpha value is -1.05. The zero-order valence-electron chi connectivity index (χ0n) is 20.9. The van der Waals surface area contributed by atoms with Gasteiger partial charge in [-0.3, -0.25) is 0 Å². The minimum absolute atomic E-state index is 0.0774. The third kappa shape index (κ3) is 7.79. The summed E-state index contributed by atoms with van der Waals surface area (Å²) in [6.45, 7) is 18.7. The average molecular weight is 461 g/mol. The van der Waals surface area contributed by atoms with Crippen LogP contribution < -0.4 is 0 Å². The second-order valence-electron chi connectivity index (χ2n) is 10.6. The lowest BCUT2D eigenvalue weighted by molar-refractivity contribution is -0.170. The number of hydrogen-bond acceptors (Lipinski definition) is 4. The van der Waals surface area contributed by atoms with Crippen molar-refractivity contribution in [2.75, 3.05) is 7.11 Å². The van der Waals surface area contributed by atoms with Crippen LogP contribution in [0.4, 0.5) is 8.78 Å². The molecule has 1 heterocycles. The number of allylic oxidation sites excluding steroid dienone is 2. The molecule has 0 fully saturated rings. The van der Waals surface area contributed by atoms with Crippen molar-refractivity contribution in [2.24, 2.45) is 11.8 Å². The van der Waals surface area contributed by atoms with Gasteiger partial charge in [0, 0.05) is 25.5 Å². The van der Waals surface area contributed by atoms with Gasteiger partial charge in [-0.05, 0) is 50.4 Å². The lowest BCUT2D eigenvalue weighted by Crippen LogP contribution is -2.51. The molecule has 5 atom stereocenters. The number of methoxy groups -OCH3 is 1.